The highest BCUT2D eigenvalue weighted by molar-refractivity contribution is 8.01. The minimum Gasteiger partial charge on any atom is -0.468 e. The fourth-order valence-corrected chi connectivity index (χ4v) is 2.72. The van der Waals surface area contributed by atoms with E-state index in [1.54, 1.807) is 6.07 Å². The van der Waals surface area contributed by atoms with Crippen molar-refractivity contribution in [3.63, 3.8) is 0 Å². The normalized spacial score (nSPS) is 19.1. The molecular formula is C10H9FO2S. The molecule has 2 rings (SSSR count). The van der Waals surface area contributed by atoms with Gasteiger partial charge in [-0.25, -0.2) is 4.39 Å². The van der Waals surface area contributed by atoms with Crippen LogP contribution in [0.1, 0.15) is 5.56 Å². The first-order chi connectivity index (χ1) is 6.72. The van der Waals surface area contributed by atoms with Gasteiger partial charge in [0.05, 0.1) is 7.11 Å². The molecule has 1 unspecified atom stereocenters. The number of ether oxygens (including phenoxy) is 1. The van der Waals surface area contributed by atoms with E-state index in [1.807, 2.05) is 6.07 Å². The third-order valence-corrected chi connectivity index (χ3v) is 3.48. The van der Waals surface area contributed by atoms with E-state index in [4.69, 9.17) is 0 Å². The van der Waals surface area contributed by atoms with Crippen molar-refractivity contribution in [3.05, 3.63) is 29.6 Å². The molecule has 1 heterocycles. The van der Waals surface area contributed by atoms with Crippen LogP contribution in [0.15, 0.2) is 23.1 Å². The summed E-state index contributed by atoms with van der Waals surface area (Å²) in [6.45, 7) is 0. The van der Waals surface area contributed by atoms with E-state index < -0.39 is 0 Å². The summed E-state index contributed by atoms with van der Waals surface area (Å²) in [5.74, 6) is -0.521. The van der Waals surface area contributed by atoms with E-state index >= 15 is 0 Å². The summed E-state index contributed by atoms with van der Waals surface area (Å²) < 4.78 is 17.9. The highest BCUT2D eigenvalue weighted by atomic mass is 32.2. The molecule has 2 nitrogen and oxygen atoms in total. The summed E-state index contributed by atoms with van der Waals surface area (Å²) in [4.78, 5) is 12.1. The van der Waals surface area contributed by atoms with E-state index in [9.17, 15) is 9.18 Å². The van der Waals surface area contributed by atoms with Crippen molar-refractivity contribution in [2.45, 2.75) is 16.6 Å². The van der Waals surface area contributed by atoms with E-state index in [0.717, 1.165) is 4.90 Å². The molecule has 14 heavy (non-hydrogen) atoms. The number of hydrogen-bond acceptors (Lipinski definition) is 3. The number of carbonyl (C=O) groups is 1. The first kappa shape index (κ1) is 9.52. The van der Waals surface area contributed by atoms with Crippen LogP contribution in [0.2, 0.25) is 0 Å². The van der Waals surface area contributed by atoms with Gasteiger partial charge >= 0.3 is 5.97 Å². The van der Waals surface area contributed by atoms with Gasteiger partial charge in [-0.15, -0.1) is 11.8 Å². The number of hydrogen-bond donors (Lipinski definition) is 0. The average molecular weight is 212 g/mol. The standard InChI is InChI=1S/C10H9FO2S/c1-13-10(12)9-5-6-7(11)3-2-4-8(6)14-9/h2-4,9H,5H2,1H3. The van der Waals surface area contributed by atoms with Gasteiger partial charge in [-0.2, -0.15) is 0 Å². The van der Waals surface area contributed by atoms with Crippen molar-refractivity contribution in [3.8, 4) is 0 Å². The molecule has 74 valence electrons. The highest BCUT2D eigenvalue weighted by Crippen LogP contribution is 2.38. The van der Waals surface area contributed by atoms with Crippen LogP contribution in [0, 0.1) is 5.82 Å². The zero-order valence-corrected chi connectivity index (χ0v) is 8.44. The van der Waals surface area contributed by atoms with Crippen LogP contribution >= 0.6 is 11.8 Å². The Morgan fingerprint density at radius 3 is 3.07 bits per heavy atom. The molecule has 0 amide bonds. The van der Waals surface area contributed by atoms with Gasteiger partial charge in [-0.3, -0.25) is 4.79 Å². The number of benzene rings is 1. The maximum Gasteiger partial charge on any atom is 0.319 e. The van der Waals surface area contributed by atoms with E-state index in [0.29, 0.717) is 12.0 Å². The van der Waals surface area contributed by atoms with Crippen molar-refractivity contribution < 1.29 is 13.9 Å². The molecule has 0 spiro atoms. The summed E-state index contributed by atoms with van der Waals surface area (Å²) in [6, 6.07) is 4.89. The lowest BCUT2D eigenvalue weighted by atomic mass is 10.1. The van der Waals surface area contributed by atoms with Crippen LogP contribution in [-0.2, 0) is 16.0 Å². The topological polar surface area (TPSA) is 26.3 Å². The molecule has 0 fully saturated rings. The number of fused-ring (bicyclic) bond motifs is 1. The molecule has 1 aliphatic heterocycles. The number of rotatable bonds is 1. The first-order valence-corrected chi connectivity index (χ1v) is 5.12. The lowest BCUT2D eigenvalue weighted by Gasteiger charge is -2.03. The van der Waals surface area contributed by atoms with Crippen LogP contribution in [0.4, 0.5) is 4.39 Å². The fraction of sp³-hybridized carbons (Fsp3) is 0.300. The molecule has 1 aliphatic rings. The largest absolute Gasteiger partial charge is 0.468 e. The predicted octanol–water partition coefficient (Wildman–Crippen LogP) is 2.02. The molecule has 4 heteroatoms. The van der Waals surface area contributed by atoms with Gasteiger partial charge in [0.2, 0.25) is 0 Å². The Hall–Kier alpha value is -1.03. The van der Waals surface area contributed by atoms with E-state index in [1.165, 1.54) is 24.9 Å². The lowest BCUT2D eigenvalue weighted by molar-refractivity contribution is -0.139. The molecule has 0 saturated heterocycles. The van der Waals surface area contributed by atoms with Gasteiger partial charge in [-0.05, 0) is 18.6 Å². The number of thioether (sulfide) groups is 1. The maximum absolute atomic E-state index is 13.3. The second kappa shape index (κ2) is 3.61. The molecule has 0 aromatic heterocycles. The predicted molar refractivity (Wildman–Crippen MR) is 51.8 cm³/mol. The van der Waals surface area contributed by atoms with Gasteiger partial charge in [0.15, 0.2) is 0 Å². The minimum atomic E-state index is -0.286. The maximum atomic E-state index is 13.3. The highest BCUT2D eigenvalue weighted by Gasteiger charge is 2.30. The van der Waals surface area contributed by atoms with E-state index in [2.05, 4.69) is 4.74 Å². The zero-order chi connectivity index (χ0) is 10.1. The summed E-state index contributed by atoms with van der Waals surface area (Å²) >= 11 is 1.37. The monoisotopic (exact) mass is 212 g/mol. The molecular weight excluding hydrogens is 203 g/mol. The molecule has 0 bridgehead atoms. The SMILES string of the molecule is COC(=O)C1Cc2c(F)cccc2S1. The zero-order valence-electron chi connectivity index (χ0n) is 7.62. The summed E-state index contributed by atoms with van der Waals surface area (Å²) in [5.41, 5.74) is 0.632. The van der Waals surface area contributed by atoms with E-state index in [-0.39, 0.29) is 17.0 Å². The molecule has 1 atom stereocenters. The van der Waals surface area contributed by atoms with Crippen molar-refractivity contribution in [2.24, 2.45) is 0 Å². The minimum absolute atomic E-state index is 0.235. The molecule has 0 aliphatic carbocycles. The van der Waals surface area contributed by atoms with Crippen LogP contribution in [-0.4, -0.2) is 18.3 Å². The molecule has 1 aromatic rings. The quantitative estimate of drug-likeness (QED) is 0.666. The average Bonchev–Trinajstić information content (AvgIpc) is 2.62. The summed E-state index contributed by atoms with van der Waals surface area (Å²) in [7, 11) is 1.35. The Bertz CT molecular complexity index is 378. The molecule has 1 aromatic carbocycles. The van der Waals surface area contributed by atoms with Gasteiger partial charge in [-0.1, -0.05) is 6.07 Å². The second-order valence-electron chi connectivity index (χ2n) is 3.05. The Morgan fingerprint density at radius 2 is 2.43 bits per heavy atom. The Kier molecular flexibility index (Phi) is 2.46. The number of carbonyl (C=O) groups excluding carboxylic acids is 1. The van der Waals surface area contributed by atoms with Crippen LogP contribution < -0.4 is 0 Å². The summed E-state index contributed by atoms with van der Waals surface area (Å²) in [6.07, 6.45) is 0.430. The molecule has 0 saturated carbocycles. The van der Waals surface area contributed by atoms with Gasteiger partial charge in [0.1, 0.15) is 11.1 Å². The Labute approximate surface area is 85.4 Å². The first-order valence-electron chi connectivity index (χ1n) is 4.24. The number of methoxy groups -OCH3 is 1. The second-order valence-corrected chi connectivity index (χ2v) is 4.29. The van der Waals surface area contributed by atoms with Crippen LogP contribution in [0.5, 0.6) is 0 Å². The third kappa shape index (κ3) is 1.50. The van der Waals surface area contributed by atoms with Crippen molar-refractivity contribution in [2.75, 3.05) is 7.11 Å². The summed E-state index contributed by atoms with van der Waals surface area (Å²) in [5, 5.41) is -0.285. The van der Waals surface area contributed by atoms with Gasteiger partial charge < -0.3 is 4.74 Å². The fourth-order valence-electron chi connectivity index (χ4n) is 1.49. The lowest BCUT2D eigenvalue weighted by Crippen LogP contribution is -2.17. The van der Waals surface area contributed by atoms with Crippen molar-refractivity contribution in [1.82, 2.24) is 0 Å². The van der Waals surface area contributed by atoms with Crippen molar-refractivity contribution >= 4 is 17.7 Å². The Morgan fingerprint density at radius 1 is 1.64 bits per heavy atom. The smallest absolute Gasteiger partial charge is 0.319 e. The van der Waals surface area contributed by atoms with Gasteiger partial charge in [0.25, 0.3) is 0 Å². The number of halogens is 1. The molecule has 0 radical (unpaired) electrons. The van der Waals surface area contributed by atoms with Crippen molar-refractivity contribution in [1.29, 1.82) is 0 Å². The Balaban J connectivity index is 2.26. The molecule has 0 N–H and O–H groups in total. The van der Waals surface area contributed by atoms with Crippen LogP contribution in [0.3, 0.4) is 0 Å². The number of esters is 1. The van der Waals surface area contributed by atoms with Gasteiger partial charge in [0, 0.05) is 10.5 Å². The van der Waals surface area contributed by atoms with Crippen LogP contribution in [0.25, 0.3) is 0 Å². The third-order valence-electron chi connectivity index (χ3n) is 2.20.